The second-order valence-electron chi connectivity index (χ2n) is 7.46. The van der Waals surface area contributed by atoms with Crippen molar-refractivity contribution in [3.05, 3.63) is 47.7 Å². The maximum Gasteiger partial charge on any atom is 0.224 e. The zero-order chi connectivity index (χ0) is 18.6. The highest BCUT2D eigenvalue weighted by Crippen LogP contribution is 2.26. The number of hydrogen-bond donors (Lipinski definition) is 1. The van der Waals surface area contributed by atoms with Crippen molar-refractivity contribution < 1.29 is 4.79 Å². The van der Waals surface area contributed by atoms with Gasteiger partial charge >= 0.3 is 0 Å². The fourth-order valence-electron chi connectivity index (χ4n) is 4.10. The Labute approximate surface area is 160 Å². The Morgan fingerprint density at radius 2 is 1.93 bits per heavy atom. The van der Waals surface area contributed by atoms with Crippen molar-refractivity contribution in [2.24, 2.45) is 5.92 Å². The lowest BCUT2D eigenvalue weighted by Gasteiger charge is -2.34. The molecule has 1 aromatic carbocycles. The summed E-state index contributed by atoms with van der Waals surface area (Å²) in [5, 5.41) is 2.99. The molecule has 1 aromatic heterocycles. The van der Waals surface area contributed by atoms with Crippen LogP contribution in [0.4, 0.5) is 11.8 Å². The Balaban J connectivity index is 1.30. The van der Waals surface area contributed by atoms with Gasteiger partial charge in [0.15, 0.2) is 0 Å². The summed E-state index contributed by atoms with van der Waals surface area (Å²) >= 11 is 0. The average Bonchev–Trinajstić information content (AvgIpc) is 2.74. The largest absolute Gasteiger partial charge is 0.357 e. The van der Waals surface area contributed by atoms with Gasteiger partial charge in [-0.3, -0.25) is 4.79 Å². The molecule has 3 heterocycles. The molecule has 142 valence electrons. The number of rotatable bonds is 4. The van der Waals surface area contributed by atoms with Crippen molar-refractivity contribution in [1.29, 1.82) is 0 Å². The van der Waals surface area contributed by atoms with E-state index in [1.54, 1.807) is 6.20 Å². The first-order chi connectivity index (χ1) is 13.2. The number of carbonyl (C=O) groups is 1. The van der Waals surface area contributed by atoms with Crippen LogP contribution >= 0.6 is 0 Å². The Kier molecular flexibility index (Phi) is 5.23. The smallest absolute Gasteiger partial charge is 0.224 e. The van der Waals surface area contributed by atoms with E-state index in [1.165, 1.54) is 11.1 Å². The van der Waals surface area contributed by atoms with E-state index in [0.29, 0.717) is 24.2 Å². The monoisotopic (exact) mass is 365 g/mol. The van der Waals surface area contributed by atoms with Crippen molar-refractivity contribution >= 4 is 17.7 Å². The zero-order valence-electron chi connectivity index (χ0n) is 15.9. The van der Waals surface area contributed by atoms with Crippen LogP contribution in [0.15, 0.2) is 36.5 Å². The maximum atomic E-state index is 12.8. The quantitative estimate of drug-likeness (QED) is 0.903. The number of carbonyl (C=O) groups excluding carboxylic acids is 1. The molecule has 6 heteroatoms. The van der Waals surface area contributed by atoms with Crippen LogP contribution in [0.25, 0.3) is 0 Å². The summed E-state index contributed by atoms with van der Waals surface area (Å²) in [6, 6.07) is 10.4. The van der Waals surface area contributed by atoms with E-state index < -0.39 is 0 Å². The summed E-state index contributed by atoms with van der Waals surface area (Å²) in [7, 11) is 1.83. The molecule has 0 spiro atoms. The summed E-state index contributed by atoms with van der Waals surface area (Å²) < 4.78 is 0. The summed E-state index contributed by atoms with van der Waals surface area (Å²) in [5.74, 6) is 2.39. The second-order valence-corrected chi connectivity index (χ2v) is 7.46. The van der Waals surface area contributed by atoms with Crippen molar-refractivity contribution in [2.75, 3.05) is 36.9 Å². The van der Waals surface area contributed by atoms with Crippen LogP contribution in [0.5, 0.6) is 0 Å². The zero-order valence-corrected chi connectivity index (χ0v) is 15.9. The van der Waals surface area contributed by atoms with Crippen LogP contribution in [-0.4, -0.2) is 47.5 Å². The third-order valence-electron chi connectivity index (χ3n) is 5.75. The molecule has 27 heavy (non-hydrogen) atoms. The van der Waals surface area contributed by atoms with Crippen molar-refractivity contribution in [3.63, 3.8) is 0 Å². The molecule has 1 N–H and O–H groups in total. The number of amides is 1. The first-order valence-corrected chi connectivity index (χ1v) is 9.83. The lowest BCUT2D eigenvalue weighted by Crippen LogP contribution is -2.39. The number of aromatic nitrogens is 2. The molecular weight excluding hydrogens is 338 g/mol. The van der Waals surface area contributed by atoms with E-state index in [4.69, 9.17) is 0 Å². The van der Waals surface area contributed by atoms with Gasteiger partial charge in [-0.2, -0.15) is 4.98 Å². The molecule has 0 atom stereocenters. The van der Waals surface area contributed by atoms with Crippen LogP contribution in [0.3, 0.4) is 0 Å². The average molecular weight is 365 g/mol. The molecule has 2 aliphatic heterocycles. The Morgan fingerprint density at radius 3 is 2.70 bits per heavy atom. The SMILES string of the molecule is CNc1nccc(N2CCC(CC(=O)N3CCc4ccccc4C3)CC2)n1. The van der Waals surface area contributed by atoms with Crippen LogP contribution in [-0.2, 0) is 17.8 Å². The first-order valence-electron chi connectivity index (χ1n) is 9.83. The molecule has 0 aliphatic carbocycles. The number of fused-ring (bicyclic) bond motifs is 1. The van der Waals surface area contributed by atoms with Gasteiger partial charge in [0.05, 0.1) is 0 Å². The van der Waals surface area contributed by atoms with Crippen LogP contribution < -0.4 is 10.2 Å². The Morgan fingerprint density at radius 1 is 1.15 bits per heavy atom. The van der Waals surface area contributed by atoms with Gasteiger partial charge in [0, 0.05) is 45.8 Å². The molecule has 1 fully saturated rings. The number of anilines is 2. The van der Waals surface area contributed by atoms with Gasteiger partial charge in [-0.05, 0) is 42.4 Å². The maximum absolute atomic E-state index is 12.8. The number of hydrogen-bond acceptors (Lipinski definition) is 5. The molecule has 0 unspecified atom stereocenters. The van der Waals surface area contributed by atoms with Gasteiger partial charge in [-0.15, -0.1) is 0 Å². The first kappa shape index (κ1) is 17.8. The van der Waals surface area contributed by atoms with Gasteiger partial charge in [-0.1, -0.05) is 24.3 Å². The third-order valence-corrected chi connectivity index (χ3v) is 5.75. The van der Waals surface area contributed by atoms with Crippen LogP contribution in [0.1, 0.15) is 30.4 Å². The summed E-state index contributed by atoms with van der Waals surface area (Å²) in [5.41, 5.74) is 2.69. The predicted molar refractivity (Wildman–Crippen MR) is 107 cm³/mol. The topological polar surface area (TPSA) is 61.4 Å². The normalized spacial score (nSPS) is 17.5. The lowest BCUT2D eigenvalue weighted by molar-refractivity contribution is -0.133. The number of nitrogens with one attached hydrogen (secondary N) is 1. The Bertz CT molecular complexity index is 801. The van der Waals surface area contributed by atoms with Gasteiger partial charge < -0.3 is 15.1 Å². The highest BCUT2D eigenvalue weighted by molar-refractivity contribution is 5.76. The molecule has 4 rings (SSSR count). The fourth-order valence-corrected chi connectivity index (χ4v) is 4.10. The van der Waals surface area contributed by atoms with E-state index in [0.717, 1.165) is 51.3 Å². The fraction of sp³-hybridized carbons (Fsp3) is 0.476. The molecule has 0 radical (unpaired) electrons. The van der Waals surface area contributed by atoms with Crippen molar-refractivity contribution in [1.82, 2.24) is 14.9 Å². The minimum atomic E-state index is 0.308. The predicted octanol–water partition coefficient (Wildman–Crippen LogP) is 2.71. The van der Waals surface area contributed by atoms with E-state index in [1.807, 2.05) is 18.0 Å². The van der Waals surface area contributed by atoms with E-state index in [2.05, 4.69) is 44.5 Å². The molecule has 1 saturated heterocycles. The van der Waals surface area contributed by atoms with Crippen molar-refractivity contribution in [3.8, 4) is 0 Å². The van der Waals surface area contributed by atoms with Crippen LogP contribution in [0, 0.1) is 5.92 Å². The standard InChI is InChI=1S/C21H27N5O/c1-22-21-23-10-6-19(24-21)25-11-7-16(8-12-25)14-20(27)26-13-9-17-4-2-3-5-18(17)15-26/h2-6,10,16H,7-9,11-15H2,1H3,(H,22,23,24). The molecule has 1 amide bonds. The highest BCUT2D eigenvalue weighted by Gasteiger charge is 2.26. The van der Waals surface area contributed by atoms with Gasteiger partial charge in [-0.25, -0.2) is 4.98 Å². The van der Waals surface area contributed by atoms with E-state index >= 15 is 0 Å². The Hall–Kier alpha value is -2.63. The number of piperidine rings is 1. The minimum absolute atomic E-state index is 0.308. The van der Waals surface area contributed by atoms with Gasteiger partial charge in [0.1, 0.15) is 5.82 Å². The molecule has 0 saturated carbocycles. The highest BCUT2D eigenvalue weighted by atomic mass is 16.2. The molecule has 0 bridgehead atoms. The lowest BCUT2D eigenvalue weighted by atomic mass is 9.92. The number of benzene rings is 1. The van der Waals surface area contributed by atoms with E-state index in [-0.39, 0.29) is 0 Å². The minimum Gasteiger partial charge on any atom is -0.357 e. The van der Waals surface area contributed by atoms with Gasteiger partial charge in [0.25, 0.3) is 0 Å². The molecule has 6 nitrogen and oxygen atoms in total. The summed E-state index contributed by atoms with van der Waals surface area (Å²) in [6.07, 6.45) is 5.51. The van der Waals surface area contributed by atoms with Crippen LogP contribution in [0.2, 0.25) is 0 Å². The van der Waals surface area contributed by atoms with Crippen molar-refractivity contribution in [2.45, 2.75) is 32.2 Å². The third kappa shape index (κ3) is 4.04. The summed E-state index contributed by atoms with van der Waals surface area (Å²) in [4.78, 5) is 25.8. The number of nitrogens with zero attached hydrogens (tertiary/aromatic N) is 4. The molecular formula is C21H27N5O. The molecule has 2 aromatic rings. The summed E-state index contributed by atoms with van der Waals surface area (Å²) in [6.45, 7) is 3.51. The second kappa shape index (κ2) is 7.94. The molecule has 2 aliphatic rings. The van der Waals surface area contributed by atoms with E-state index in [9.17, 15) is 4.79 Å². The van der Waals surface area contributed by atoms with Gasteiger partial charge in [0.2, 0.25) is 11.9 Å².